The summed E-state index contributed by atoms with van der Waals surface area (Å²) in [5.74, 6) is 0. The number of benzene rings is 1. The largest absolute Gasteiger partial charge is 0.437 e. The lowest BCUT2D eigenvalue weighted by molar-refractivity contribution is 0.411. The Kier molecular flexibility index (Phi) is 3.22. The minimum atomic E-state index is -1.52. The number of furan rings is 1. The van der Waals surface area contributed by atoms with Crippen LogP contribution in [-0.4, -0.2) is 9.97 Å². The topological polar surface area (TPSA) is 62.7 Å². The number of hydrogen-bond acceptors (Lipinski definition) is 4. The molecule has 0 bridgehead atoms. The summed E-state index contributed by atoms with van der Waals surface area (Å²) in [4.78, 5) is 8.71. The first kappa shape index (κ1) is 14.0. The van der Waals surface area contributed by atoms with Crippen molar-refractivity contribution in [3.05, 3.63) is 59.9 Å². The molecule has 0 spiro atoms. The Labute approximate surface area is 154 Å². The van der Waals surface area contributed by atoms with E-state index in [1.54, 1.807) is 24.4 Å². The van der Waals surface area contributed by atoms with Gasteiger partial charge in [-0.25, -0.2) is 4.98 Å². The second-order valence-electron chi connectivity index (χ2n) is 7.25. The van der Waals surface area contributed by atoms with Crippen molar-refractivity contribution in [1.82, 2.24) is 9.97 Å². The molecular weight excluding hydrogens is 322 g/mol. The highest BCUT2D eigenvalue weighted by atomic mass is 16.3. The standard InChI is InChI=1S/C22H19N3O/c1-22(2,3)12-14-9-10-24-19(11-14)18-6-4-5-16-17-8-7-15(13-23)25-21(17)26-20(16)18/h4-11H,12H2,1-3H3/i12D2. The quantitative estimate of drug-likeness (QED) is 0.482. The van der Waals surface area contributed by atoms with Gasteiger partial charge in [0.05, 0.1) is 5.69 Å². The van der Waals surface area contributed by atoms with Gasteiger partial charge in [-0.15, -0.1) is 0 Å². The van der Waals surface area contributed by atoms with Crippen LogP contribution in [0.15, 0.2) is 53.1 Å². The second kappa shape index (κ2) is 5.96. The lowest BCUT2D eigenvalue weighted by Gasteiger charge is -2.18. The molecule has 3 heterocycles. The predicted molar refractivity (Wildman–Crippen MR) is 103 cm³/mol. The zero-order valence-electron chi connectivity index (χ0n) is 16.9. The first-order valence-corrected chi connectivity index (χ1v) is 8.41. The highest BCUT2D eigenvalue weighted by Gasteiger charge is 2.16. The van der Waals surface area contributed by atoms with E-state index < -0.39 is 11.8 Å². The zero-order chi connectivity index (χ0) is 20.1. The molecule has 0 saturated carbocycles. The van der Waals surface area contributed by atoms with Gasteiger partial charge in [-0.2, -0.15) is 5.26 Å². The van der Waals surface area contributed by atoms with Crippen molar-refractivity contribution >= 4 is 22.1 Å². The van der Waals surface area contributed by atoms with Crippen molar-refractivity contribution in [3.8, 4) is 17.3 Å². The predicted octanol–water partition coefficient (Wildman–Crippen LogP) is 5.50. The molecule has 4 aromatic rings. The van der Waals surface area contributed by atoms with Gasteiger partial charge in [0.1, 0.15) is 17.3 Å². The van der Waals surface area contributed by atoms with Crippen LogP contribution in [0, 0.1) is 16.7 Å². The van der Waals surface area contributed by atoms with E-state index in [1.807, 2.05) is 51.1 Å². The van der Waals surface area contributed by atoms with E-state index in [-0.39, 0.29) is 0 Å². The number of hydrogen-bond donors (Lipinski definition) is 0. The molecule has 3 aromatic heterocycles. The summed E-state index contributed by atoms with van der Waals surface area (Å²) < 4.78 is 23.1. The smallest absolute Gasteiger partial charge is 0.228 e. The number of nitrogens with zero attached hydrogens (tertiary/aromatic N) is 3. The maximum atomic E-state index is 9.08. The van der Waals surface area contributed by atoms with E-state index in [0.717, 1.165) is 16.3 Å². The molecule has 0 aliphatic rings. The van der Waals surface area contributed by atoms with Crippen molar-refractivity contribution in [1.29, 1.82) is 5.26 Å². The number of fused-ring (bicyclic) bond motifs is 3. The third-order valence-electron chi connectivity index (χ3n) is 4.03. The van der Waals surface area contributed by atoms with Gasteiger partial charge in [-0.05, 0) is 47.7 Å². The van der Waals surface area contributed by atoms with E-state index >= 15 is 0 Å². The summed E-state index contributed by atoms with van der Waals surface area (Å²) >= 11 is 0. The first-order chi connectivity index (χ1) is 13.2. The van der Waals surface area contributed by atoms with Crippen LogP contribution in [0.2, 0.25) is 0 Å². The maximum absolute atomic E-state index is 9.08. The van der Waals surface area contributed by atoms with Crippen LogP contribution in [0.5, 0.6) is 0 Å². The molecule has 0 amide bonds. The first-order valence-electron chi connectivity index (χ1n) is 9.41. The summed E-state index contributed by atoms with van der Waals surface area (Å²) in [7, 11) is 0. The van der Waals surface area contributed by atoms with Crippen molar-refractivity contribution in [3.63, 3.8) is 0 Å². The third-order valence-corrected chi connectivity index (χ3v) is 4.03. The van der Waals surface area contributed by atoms with Gasteiger partial charge < -0.3 is 4.42 Å². The van der Waals surface area contributed by atoms with E-state index in [0.29, 0.717) is 28.2 Å². The summed E-state index contributed by atoms with van der Waals surface area (Å²) in [5, 5.41) is 10.8. The summed E-state index contributed by atoms with van der Waals surface area (Å²) in [6, 6.07) is 14.8. The van der Waals surface area contributed by atoms with Crippen molar-refractivity contribution in [2.75, 3.05) is 0 Å². The zero-order valence-corrected chi connectivity index (χ0v) is 14.9. The third kappa shape index (κ3) is 2.93. The average Bonchev–Trinajstić information content (AvgIpc) is 3.04. The van der Waals surface area contributed by atoms with Gasteiger partial charge in [-0.1, -0.05) is 32.9 Å². The van der Waals surface area contributed by atoms with Crippen LogP contribution in [0.3, 0.4) is 0 Å². The molecule has 0 saturated heterocycles. The Morgan fingerprint density at radius 3 is 2.77 bits per heavy atom. The van der Waals surface area contributed by atoms with Crippen LogP contribution in [-0.2, 0) is 6.37 Å². The van der Waals surface area contributed by atoms with Crippen LogP contribution in [0.25, 0.3) is 33.3 Å². The molecule has 0 fully saturated rings. The molecule has 0 radical (unpaired) electrons. The molecule has 0 unspecified atom stereocenters. The number of pyridine rings is 2. The molecule has 0 N–H and O–H groups in total. The Hall–Kier alpha value is -3.19. The fourth-order valence-corrected chi connectivity index (χ4v) is 3.03. The molecule has 4 nitrogen and oxygen atoms in total. The number of para-hydroxylation sites is 1. The molecule has 1 aromatic carbocycles. The normalized spacial score (nSPS) is 13.5. The summed E-state index contributed by atoms with van der Waals surface area (Å²) in [6.07, 6.45) is 0.109. The van der Waals surface area contributed by atoms with Crippen molar-refractivity contribution in [2.45, 2.75) is 27.1 Å². The maximum Gasteiger partial charge on any atom is 0.228 e. The summed E-state index contributed by atoms with van der Waals surface area (Å²) in [6.45, 7) is 5.64. The molecule has 0 aliphatic heterocycles. The number of rotatable bonds is 2. The van der Waals surface area contributed by atoms with Gasteiger partial charge in [0.2, 0.25) is 5.71 Å². The highest BCUT2D eigenvalue weighted by molar-refractivity contribution is 6.08. The highest BCUT2D eigenvalue weighted by Crippen LogP contribution is 2.35. The Balaban J connectivity index is 1.93. The van der Waals surface area contributed by atoms with Crippen LogP contribution in [0.4, 0.5) is 0 Å². The SMILES string of the molecule is [2H]C([2H])(c1ccnc(-c2cccc3c2oc2nc(C#N)ccc23)c1)C(C)(C)C. The van der Waals surface area contributed by atoms with Crippen LogP contribution >= 0.6 is 0 Å². The number of aromatic nitrogens is 2. The lowest BCUT2D eigenvalue weighted by Crippen LogP contribution is -2.09. The molecule has 26 heavy (non-hydrogen) atoms. The van der Waals surface area contributed by atoms with Crippen molar-refractivity contribution < 1.29 is 7.16 Å². The molecule has 4 rings (SSSR count). The van der Waals surface area contributed by atoms with Gasteiger partial charge >= 0.3 is 0 Å². The molecule has 0 aliphatic carbocycles. The molecule has 4 heteroatoms. The number of nitriles is 1. The van der Waals surface area contributed by atoms with Crippen LogP contribution in [0.1, 0.15) is 34.8 Å². The van der Waals surface area contributed by atoms with E-state index in [9.17, 15) is 0 Å². The lowest BCUT2D eigenvalue weighted by atomic mass is 9.88. The van der Waals surface area contributed by atoms with Gasteiger partial charge in [0.25, 0.3) is 0 Å². The van der Waals surface area contributed by atoms with Gasteiger partial charge in [0, 0.05) is 25.3 Å². The van der Waals surface area contributed by atoms with Crippen molar-refractivity contribution in [2.24, 2.45) is 5.41 Å². The van der Waals surface area contributed by atoms with E-state index in [1.165, 1.54) is 0 Å². The minimum Gasteiger partial charge on any atom is -0.437 e. The Morgan fingerprint density at radius 1 is 1.15 bits per heavy atom. The molecular formula is C22H19N3O. The Bertz CT molecular complexity index is 1250. The van der Waals surface area contributed by atoms with Gasteiger partial charge in [0.15, 0.2) is 0 Å². The summed E-state index contributed by atoms with van der Waals surface area (Å²) in [5.41, 5.74) is 2.74. The van der Waals surface area contributed by atoms with E-state index in [2.05, 4.69) is 9.97 Å². The molecule has 128 valence electrons. The van der Waals surface area contributed by atoms with E-state index in [4.69, 9.17) is 12.4 Å². The monoisotopic (exact) mass is 343 g/mol. The van der Waals surface area contributed by atoms with Crippen LogP contribution < -0.4 is 0 Å². The molecule has 0 atom stereocenters. The minimum absolute atomic E-state index is 0.298. The second-order valence-corrected chi connectivity index (χ2v) is 7.25. The average molecular weight is 343 g/mol. The van der Waals surface area contributed by atoms with Gasteiger partial charge in [-0.3, -0.25) is 4.98 Å². The Morgan fingerprint density at radius 2 is 2.00 bits per heavy atom. The fourth-order valence-electron chi connectivity index (χ4n) is 3.03. The fraction of sp³-hybridized carbons (Fsp3) is 0.227.